The van der Waals surface area contributed by atoms with Gasteiger partial charge < -0.3 is 4.74 Å². The maximum atomic E-state index is 11.7. The number of ether oxygens (including phenoxy) is 1. The highest BCUT2D eigenvalue weighted by atomic mass is 35.5. The maximum absolute atomic E-state index is 11.7. The first kappa shape index (κ1) is 19.6. The normalized spacial score (nSPS) is 16.5. The summed E-state index contributed by atoms with van der Waals surface area (Å²) < 4.78 is 4.63. The van der Waals surface area contributed by atoms with Gasteiger partial charge in [-0.1, -0.05) is 29.7 Å². The Morgan fingerprint density at radius 2 is 2.07 bits per heavy atom. The Bertz CT molecular complexity index is 1030. The highest BCUT2D eigenvalue weighted by molar-refractivity contribution is 6.29. The van der Waals surface area contributed by atoms with Crippen molar-refractivity contribution in [3.63, 3.8) is 0 Å². The molecule has 2 heterocycles. The molecule has 0 radical (unpaired) electrons. The molecule has 148 valence electrons. The number of rotatable bonds is 3. The lowest BCUT2D eigenvalue weighted by molar-refractivity contribution is -0.158. The molecule has 0 saturated heterocycles. The third-order valence-electron chi connectivity index (χ3n) is 5.39. The summed E-state index contributed by atoms with van der Waals surface area (Å²) >= 11 is 5.92. The second-order valence-corrected chi connectivity index (χ2v) is 8.06. The maximum Gasteiger partial charge on any atom is 0.314 e. The summed E-state index contributed by atoms with van der Waals surface area (Å²) in [6.07, 6.45) is 2.50. The van der Waals surface area contributed by atoms with E-state index < -0.39 is 11.9 Å². The van der Waals surface area contributed by atoms with E-state index in [1.807, 2.05) is 18.2 Å². The number of nitrogens with zero attached hydrogens (tertiary/aromatic N) is 2. The number of hydrogen-bond donors (Lipinski definition) is 0. The van der Waals surface area contributed by atoms with Crippen LogP contribution in [0.4, 0.5) is 0 Å². The summed E-state index contributed by atoms with van der Waals surface area (Å²) in [6.45, 7) is 3.54. The summed E-state index contributed by atoms with van der Waals surface area (Å²) in [5.41, 5.74) is 4.42. The van der Waals surface area contributed by atoms with Crippen molar-refractivity contribution in [3.05, 3.63) is 63.9 Å². The molecule has 6 heteroatoms. The van der Waals surface area contributed by atoms with E-state index in [9.17, 15) is 9.59 Å². The van der Waals surface area contributed by atoms with Crippen LogP contribution < -0.4 is 0 Å². The van der Waals surface area contributed by atoms with Gasteiger partial charge in [0.25, 0.3) is 0 Å². The van der Waals surface area contributed by atoms with E-state index in [-0.39, 0.29) is 11.8 Å². The van der Waals surface area contributed by atoms with Gasteiger partial charge in [0.05, 0.1) is 6.42 Å². The molecule has 0 unspecified atom stereocenters. The van der Waals surface area contributed by atoms with Gasteiger partial charge in [0, 0.05) is 37.5 Å². The number of carbonyl (C=O) groups excluding carboxylic acids is 2. The van der Waals surface area contributed by atoms with E-state index in [0.717, 1.165) is 31.5 Å². The first-order valence-corrected chi connectivity index (χ1v) is 10.0. The van der Waals surface area contributed by atoms with Gasteiger partial charge in [-0.15, -0.1) is 0 Å². The van der Waals surface area contributed by atoms with E-state index in [4.69, 9.17) is 11.6 Å². The Labute approximate surface area is 175 Å². The highest BCUT2D eigenvalue weighted by Gasteiger charge is 2.48. The Morgan fingerprint density at radius 1 is 1.24 bits per heavy atom. The average Bonchev–Trinajstić information content (AvgIpc) is 3.44. The van der Waals surface area contributed by atoms with Crippen LogP contribution in [0.25, 0.3) is 0 Å². The van der Waals surface area contributed by atoms with Crippen LogP contribution in [0.3, 0.4) is 0 Å². The minimum absolute atomic E-state index is 0.157. The van der Waals surface area contributed by atoms with Gasteiger partial charge in [-0.25, -0.2) is 4.98 Å². The third kappa shape index (κ3) is 4.67. The molecule has 1 fully saturated rings. The molecule has 1 aromatic heterocycles. The Morgan fingerprint density at radius 3 is 2.79 bits per heavy atom. The predicted octanol–water partition coefficient (Wildman–Crippen LogP) is 3.46. The number of aromatic nitrogens is 1. The summed E-state index contributed by atoms with van der Waals surface area (Å²) in [5, 5.41) is 0.437. The minimum Gasteiger partial charge on any atom is -0.393 e. The van der Waals surface area contributed by atoms with Crippen LogP contribution in [0, 0.1) is 11.8 Å². The van der Waals surface area contributed by atoms with E-state index in [0.29, 0.717) is 17.4 Å². The van der Waals surface area contributed by atoms with E-state index in [2.05, 4.69) is 38.6 Å². The van der Waals surface area contributed by atoms with Crippen LogP contribution in [0.5, 0.6) is 0 Å². The van der Waals surface area contributed by atoms with Crippen molar-refractivity contribution in [2.24, 2.45) is 0 Å². The molecule has 2 aromatic rings. The van der Waals surface area contributed by atoms with Gasteiger partial charge in [-0.2, -0.15) is 0 Å². The zero-order valence-electron chi connectivity index (χ0n) is 16.2. The van der Waals surface area contributed by atoms with Gasteiger partial charge in [-0.3, -0.25) is 14.5 Å². The molecular weight excluding hydrogens is 388 g/mol. The van der Waals surface area contributed by atoms with Crippen LogP contribution in [0.1, 0.15) is 48.6 Å². The SMILES string of the molecule is CC(=O)OC(=O)CCN1Cc2ccc(C#Cc3cccc(Cl)n3)cc2C2(CC2)C1. The molecule has 1 aromatic carbocycles. The molecule has 5 nitrogen and oxygen atoms in total. The first-order valence-electron chi connectivity index (χ1n) is 9.65. The topological polar surface area (TPSA) is 59.5 Å². The highest BCUT2D eigenvalue weighted by Crippen LogP contribution is 2.52. The monoisotopic (exact) mass is 408 g/mol. The summed E-state index contributed by atoms with van der Waals surface area (Å²) in [5.74, 6) is 5.25. The van der Waals surface area contributed by atoms with Gasteiger partial charge in [0.1, 0.15) is 10.8 Å². The quantitative estimate of drug-likeness (QED) is 0.337. The molecule has 1 aliphatic heterocycles. The molecule has 0 bridgehead atoms. The van der Waals surface area contributed by atoms with Crippen molar-refractivity contribution >= 4 is 23.5 Å². The van der Waals surface area contributed by atoms with Crippen molar-refractivity contribution in [1.82, 2.24) is 9.88 Å². The smallest absolute Gasteiger partial charge is 0.314 e. The van der Waals surface area contributed by atoms with Crippen molar-refractivity contribution in [1.29, 1.82) is 0 Å². The zero-order valence-corrected chi connectivity index (χ0v) is 17.0. The van der Waals surface area contributed by atoms with Crippen LogP contribution in [-0.2, 0) is 26.3 Å². The third-order valence-corrected chi connectivity index (χ3v) is 5.61. The first-order chi connectivity index (χ1) is 13.9. The molecule has 1 aliphatic carbocycles. The van der Waals surface area contributed by atoms with Crippen molar-refractivity contribution in [3.8, 4) is 11.8 Å². The summed E-state index contributed by atoms with van der Waals surface area (Å²) in [6, 6.07) is 11.8. The second-order valence-electron chi connectivity index (χ2n) is 7.67. The number of benzene rings is 1. The standard InChI is InChI=1S/C23H21ClN2O3/c1-16(27)29-22(28)9-12-26-14-18-7-5-17(13-20(18)23(15-26)10-11-23)6-8-19-3-2-4-21(24)25-19/h2-5,7,13H,9-12,14-15H2,1H3. The Hall–Kier alpha value is -2.68. The van der Waals surface area contributed by atoms with Crippen LogP contribution in [-0.4, -0.2) is 34.9 Å². The number of hydrogen-bond acceptors (Lipinski definition) is 5. The van der Waals surface area contributed by atoms with Crippen LogP contribution in [0.15, 0.2) is 36.4 Å². The van der Waals surface area contributed by atoms with Gasteiger partial charge >= 0.3 is 11.9 Å². The fourth-order valence-corrected chi connectivity index (χ4v) is 4.07. The van der Waals surface area contributed by atoms with Crippen LogP contribution >= 0.6 is 11.6 Å². The molecule has 2 aliphatic rings. The molecule has 1 saturated carbocycles. The largest absolute Gasteiger partial charge is 0.393 e. The Balaban J connectivity index is 1.48. The van der Waals surface area contributed by atoms with Crippen molar-refractivity contribution in [2.45, 2.75) is 38.1 Å². The van der Waals surface area contributed by atoms with Gasteiger partial charge in [0.2, 0.25) is 0 Å². The lowest BCUT2D eigenvalue weighted by atomic mass is 9.85. The fraction of sp³-hybridized carbons (Fsp3) is 0.348. The number of esters is 2. The number of carbonyl (C=O) groups is 2. The van der Waals surface area contributed by atoms with Gasteiger partial charge in [0.15, 0.2) is 0 Å². The van der Waals surface area contributed by atoms with Gasteiger partial charge in [-0.05, 0) is 54.2 Å². The number of halogens is 1. The Kier molecular flexibility index (Phi) is 5.40. The molecule has 0 amide bonds. The van der Waals surface area contributed by atoms with E-state index >= 15 is 0 Å². The lowest BCUT2D eigenvalue weighted by Gasteiger charge is -2.35. The van der Waals surface area contributed by atoms with E-state index in [1.54, 1.807) is 6.07 Å². The molecule has 4 rings (SSSR count). The number of fused-ring (bicyclic) bond motifs is 2. The predicted molar refractivity (Wildman–Crippen MR) is 109 cm³/mol. The molecule has 0 N–H and O–H groups in total. The van der Waals surface area contributed by atoms with Crippen molar-refractivity contribution < 1.29 is 14.3 Å². The minimum atomic E-state index is -0.556. The molecule has 1 spiro atoms. The molecular formula is C23H21ClN2O3. The van der Waals surface area contributed by atoms with Crippen molar-refractivity contribution in [2.75, 3.05) is 13.1 Å². The number of pyridine rings is 1. The second kappa shape index (κ2) is 7.98. The summed E-state index contributed by atoms with van der Waals surface area (Å²) in [7, 11) is 0. The molecule has 0 atom stereocenters. The average molecular weight is 409 g/mol. The van der Waals surface area contributed by atoms with Crippen LogP contribution in [0.2, 0.25) is 5.15 Å². The summed E-state index contributed by atoms with van der Waals surface area (Å²) in [4.78, 5) is 29.1. The van der Waals surface area contributed by atoms with E-state index in [1.165, 1.54) is 18.1 Å². The molecule has 29 heavy (non-hydrogen) atoms. The lowest BCUT2D eigenvalue weighted by Crippen LogP contribution is -2.39. The zero-order chi connectivity index (χ0) is 20.4. The fourth-order valence-electron chi connectivity index (χ4n) is 3.91.